The SMILES string of the molecule is c1cc(NCc2ccc3[nH]ccc3c2)c2cn[nH]c2c1. The van der Waals surface area contributed by atoms with Crippen LogP contribution in [0.25, 0.3) is 21.8 Å². The van der Waals surface area contributed by atoms with Gasteiger partial charge in [0.1, 0.15) is 0 Å². The third-order valence-electron chi connectivity index (χ3n) is 3.59. The number of anilines is 1. The zero-order valence-electron chi connectivity index (χ0n) is 10.9. The molecule has 0 bridgehead atoms. The van der Waals surface area contributed by atoms with Crippen molar-refractivity contribution in [2.45, 2.75) is 6.54 Å². The summed E-state index contributed by atoms with van der Waals surface area (Å²) >= 11 is 0. The molecule has 0 radical (unpaired) electrons. The Balaban J connectivity index is 1.61. The fourth-order valence-electron chi connectivity index (χ4n) is 2.53. The Morgan fingerprint density at radius 3 is 3.05 bits per heavy atom. The van der Waals surface area contributed by atoms with Crippen molar-refractivity contribution in [3.8, 4) is 0 Å². The zero-order chi connectivity index (χ0) is 13.4. The van der Waals surface area contributed by atoms with Gasteiger partial charge in [0.2, 0.25) is 0 Å². The maximum absolute atomic E-state index is 4.08. The van der Waals surface area contributed by atoms with Gasteiger partial charge in [0, 0.05) is 29.3 Å². The topological polar surface area (TPSA) is 56.5 Å². The number of H-pyrrole nitrogens is 2. The molecule has 0 aliphatic rings. The minimum absolute atomic E-state index is 0.797. The molecular weight excluding hydrogens is 248 g/mol. The molecule has 0 amide bonds. The van der Waals surface area contributed by atoms with E-state index in [9.17, 15) is 0 Å². The predicted octanol–water partition coefficient (Wildman–Crippen LogP) is 3.66. The summed E-state index contributed by atoms with van der Waals surface area (Å²) in [5.41, 5.74) is 4.59. The number of hydrogen-bond donors (Lipinski definition) is 3. The molecule has 2 aromatic heterocycles. The number of nitrogens with one attached hydrogen (secondary N) is 3. The average molecular weight is 262 g/mol. The Hall–Kier alpha value is -2.75. The predicted molar refractivity (Wildman–Crippen MR) is 81.7 cm³/mol. The zero-order valence-corrected chi connectivity index (χ0v) is 10.9. The molecule has 4 rings (SSSR count). The van der Waals surface area contributed by atoms with Gasteiger partial charge in [-0.2, -0.15) is 5.10 Å². The van der Waals surface area contributed by atoms with E-state index in [0.717, 1.165) is 23.1 Å². The summed E-state index contributed by atoms with van der Waals surface area (Å²) in [6, 6.07) is 14.7. The molecule has 2 aromatic carbocycles. The van der Waals surface area contributed by atoms with Gasteiger partial charge in [-0.15, -0.1) is 0 Å². The smallest absolute Gasteiger partial charge is 0.0671 e. The maximum Gasteiger partial charge on any atom is 0.0671 e. The van der Waals surface area contributed by atoms with Crippen LogP contribution in [0.4, 0.5) is 5.69 Å². The van der Waals surface area contributed by atoms with Gasteiger partial charge in [-0.1, -0.05) is 12.1 Å². The van der Waals surface area contributed by atoms with Crippen LogP contribution in [-0.2, 0) is 6.54 Å². The molecule has 20 heavy (non-hydrogen) atoms. The van der Waals surface area contributed by atoms with Gasteiger partial charge in [0.15, 0.2) is 0 Å². The summed E-state index contributed by atoms with van der Waals surface area (Å²) in [4.78, 5) is 3.21. The number of aromatic amines is 2. The molecule has 0 fully saturated rings. The highest BCUT2D eigenvalue weighted by atomic mass is 15.1. The third kappa shape index (κ3) is 1.82. The lowest BCUT2D eigenvalue weighted by molar-refractivity contribution is 1.12. The molecule has 0 saturated carbocycles. The highest BCUT2D eigenvalue weighted by Crippen LogP contribution is 2.22. The van der Waals surface area contributed by atoms with E-state index in [1.165, 1.54) is 16.5 Å². The van der Waals surface area contributed by atoms with Gasteiger partial charge in [0.25, 0.3) is 0 Å². The highest BCUT2D eigenvalue weighted by molar-refractivity contribution is 5.90. The van der Waals surface area contributed by atoms with Crippen molar-refractivity contribution in [3.05, 3.63) is 60.4 Å². The summed E-state index contributed by atoms with van der Waals surface area (Å²) in [5, 5.41) is 12.9. The molecular formula is C16H14N4. The second-order valence-electron chi connectivity index (χ2n) is 4.89. The Bertz CT molecular complexity index is 872. The fraction of sp³-hybridized carbons (Fsp3) is 0.0625. The van der Waals surface area contributed by atoms with Gasteiger partial charge >= 0.3 is 0 Å². The van der Waals surface area contributed by atoms with Crippen LogP contribution in [0.1, 0.15) is 5.56 Å². The first-order chi connectivity index (χ1) is 9.90. The summed E-state index contributed by atoms with van der Waals surface area (Å²) in [7, 11) is 0. The van der Waals surface area contributed by atoms with Crippen LogP contribution in [0, 0.1) is 0 Å². The highest BCUT2D eigenvalue weighted by Gasteiger charge is 2.02. The van der Waals surface area contributed by atoms with Crippen LogP contribution in [0.2, 0.25) is 0 Å². The van der Waals surface area contributed by atoms with Crippen molar-refractivity contribution in [2.24, 2.45) is 0 Å². The van der Waals surface area contributed by atoms with Gasteiger partial charge in [-0.25, -0.2) is 0 Å². The first-order valence-electron chi connectivity index (χ1n) is 6.62. The number of hydrogen-bond acceptors (Lipinski definition) is 2. The van der Waals surface area contributed by atoms with Crippen LogP contribution >= 0.6 is 0 Å². The minimum Gasteiger partial charge on any atom is -0.380 e. The largest absolute Gasteiger partial charge is 0.380 e. The lowest BCUT2D eigenvalue weighted by Gasteiger charge is -2.07. The van der Waals surface area contributed by atoms with Crippen molar-refractivity contribution >= 4 is 27.5 Å². The van der Waals surface area contributed by atoms with E-state index in [1.807, 2.05) is 24.5 Å². The minimum atomic E-state index is 0.797. The molecule has 0 aliphatic carbocycles. The van der Waals surface area contributed by atoms with E-state index in [4.69, 9.17) is 0 Å². The molecule has 0 atom stereocenters. The normalized spacial score (nSPS) is 11.2. The summed E-state index contributed by atoms with van der Waals surface area (Å²) in [6.07, 6.45) is 3.82. The monoisotopic (exact) mass is 262 g/mol. The first kappa shape index (κ1) is 11.1. The van der Waals surface area contributed by atoms with Gasteiger partial charge in [-0.3, -0.25) is 5.10 Å². The van der Waals surface area contributed by atoms with E-state index in [2.05, 4.69) is 50.8 Å². The Morgan fingerprint density at radius 1 is 1.05 bits per heavy atom. The Labute approximate surface area is 115 Å². The lowest BCUT2D eigenvalue weighted by Crippen LogP contribution is -1.99. The molecule has 98 valence electrons. The second-order valence-corrected chi connectivity index (χ2v) is 4.89. The molecule has 4 aromatic rings. The Morgan fingerprint density at radius 2 is 2.05 bits per heavy atom. The maximum atomic E-state index is 4.08. The quantitative estimate of drug-likeness (QED) is 0.528. The van der Waals surface area contributed by atoms with Crippen LogP contribution in [0.5, 0.6) is 0 Å². The molecule has 0 unspecified atom stereocenters. The number of nitrogens with zero attached hydrogens (tertiary/aromatic N) is 1. The summed E-state index contributed by atoms with van der Waals surface area (Å²) in [5.74, 6) is 0. The van der Waals surface area contributed by atoms with Gasteiger partial charge in [0.05, 0.1) is 11.7 Å². The van der Waals surface area contributed by atoms with Crippen molar-refractivity contribution in [1.82, 2.24) is 15.2 Å². The number of fused-ring (bicyclic) bond motifs is 2. The third-order valence-corrected chi connectivity index (χ3v) is 3.59. The van der Waals surface area contributed by atoms with E-state index in [0.29, 0.717) is 0 Å². The molecule has 4 nitrogen and oxygen atoms in total. The van der Waals surface area contributed by atoms with Crippen molar-refractivity contribution in [3.63, 3.8) is 0 Å². The van der Waals surface area contributed by atoms with Gasteiger partial charge < -0.3 is 10.3 Å². The molecule has 3 N–H and O–H groups in total. The molecule has 2 heterocycles. The van der Waals surface area contributed by atoms with Gasteiger partial charge in [-0.05, 0) is 41.3 Å². The number of aromatic nitrogens is 3. The van der Waals surface area contributed by atoms with E-state index < -0.39 is 0 Å². The number of benzene rings is 2. The van der Waals surface area contributed by atoms with E-state index in [1.54, 1.807) is 0 Å². The summed E-state index contributed by atoms with van der Waals surface area (Å²) < 4.78 is 0. The average Bonchev–Trinajstić information content (AvgIpc) is 3.13. The van der Waals surface area contributed by atoms with Crippen LogP contribution in [-0.4, -0.2) is 15.2 Å². The van der Waals surface area contributed by atoms with Crippen molar-refractivity contribution in [1.29, 1.82) is 0 Å². The molecule has 0 saturated heterocycles. The van der Waals surface area contributed by atoms with Crippen molar-refractivity contribution < 1.29 is 0 Å². The Kier molecular flexibility index (Phi) is 2.45. The second kappa shape index (κ2) is 4.42. The summed E-state index contributed by atoms with van der Waals surface area (Å²) in [6.45, 7) is 0.797. The molecule has 0 aliphatic heterocycles. The van der Waals surface area contributed by atoms with Crippen LogP contribution in [0.3, 0.4) is 0 Å². The molecule has 4 heteroatoms. The fourth-order valence-corrected chi connectivity index (χ4v) is 2.53. The lowest BCUT2D eigenvalue weighted by atomic mass is 10.1. The van der Waals surface area contributed by atoms with Crippen molar-refractivity contribution in [2.75, 3.05) is 5.32 Å². The number of rotatable bonds is 3. The molecule has 0 spiro atoms. The first-order valence-corrected chi connectivity index (χ1v) is 6.62. The van der Waals surface area contributed by atoms with E-state index >= 15 is 0 Å². The standard InChI is InChI=1S/C16H14N4/c1-2-15(13-10-19-20-16(13)3-1)18-9-11-4-5-14-12(8-11)6-7-17-14/h1-8,10,17-18H,9H2,(H,19,20). The van der Waals surface area contributed by atoms with E-state index in [-0.39, 0.29) is 0 Å². The van der Waals surface area contributed by atoms with Crippen LogP contribution in [0.15, 0.2) is 54.9 Å². The van der Waals surface area contributed by atoms with Crippen LogP contribution < -0.4 is 5.32 Å².